The van der Waals surface area contributed by atoms with E-state index in [2.05, 4.69) is 4.98 Å². The second-order valence-electron chi connectivity index (χ2n) is 5.22. The fourth-order valence-electron chi connectivity index (χ4n) is 1.70. The topological polar surface area (TPSA) is 75.1 Å². The fraction of sp³-hybridized carbons (Fsp3) is 0.636. The maximum absolute atomic E-state index is 11.3. The summed E-state index contributed by atoms with van der Waals surface area (Å²) in [5, 5.41) is 9.10. The van der Waals surface area contributed by atoms with Crippen molar-refractivity contribution in [2.45, 2.75) is 33.7 Å². The minimum atomic E-state index is -0.858. The molecule has 1 rings (SSSR count). The number of aliphatic carboxylic acids is 1. The van der Waals surface area contributed by atoms with Gasteiger partial charge in [-0.25, -0.2) is 4.79 Å². The Kier molecular flexibility index (Phi) is 3.57. The first-order valence-electron chi connectivity index (χ1n) is 5.26. The van der Waals surface area contributed by atoms with Crippen molar-refractivity contribution in [3.63, 3.8) is 0 Å². The van der Waals surface area contributed by atoms with Gasteiger partial charge in [-0.1, -0.05) is 20.8 Å². The molecule has 0 amide bonds. The van der Waals surface area contributed by atoms with E-state index in [0.29, 0.717) is 6.42 Å². The van der Waals surface area contributed by atoms with Crippen LogP contribution in [0.2, 0.25) is 0 Å². The van der Waals surface area contributed by atoms with E-state index in [-0.39, 0.29) is 17.6 Å². The van der Waals surface area contributed by atoms with Gasteiger partial charge in [-0.15, -0.1) is 0 Å². The van der Waals surface area contributed by atoms with Gasteiger partial charge in [-0.2, -0.15) is 0 Å². The van der Waals surface area contributed by atoms with E-state index in [1.807, 2.05) is 20.8 Å². The summed E-state index contributed by atoms with van der Waals surface area (Å²) in [5.74, 6) is -1.39. The molecule has 16 heavy (non-hydrogen) atoms. The van der Waals surface area contributed by atoms with Crippen LogP contribution in [0.3, 0.4) is 0 Å². The van der Waals surface area contributed by atoms with Crippen LogP contribution in [0.15, 0.2) is 17.2 Å². The van der Waals surface area contributed by atoms with Crippen molar-refractivity contribution in [2.24, 2.45) is 11.3 Å². The zero-order valence-corrected chi connectivity index (χ0v) is 9.86. The first-order chi connectivity index (χ1) is 7.29. The number of carbonyl (C=O) groups is 1. The van der Waals surface area contributed by atoms with Crippen LogP contribution >= 0.6 is 0 Å². The van der Waals surface area contributed by atoms with Crippen molar-refractivity contribution in [1.82, 2.24) is 9.55 Å². The molecule has 1 aromatic heterocycles. The lowest BCUT2D eigenvalue weighted by Gasteiger charge is -2.23. The zero-order valence-electron chi connectivity index (χ0n) is 9.86. The lowest BCUT2D eigenvalue weighted by atomic mass is 9.84. The van der Waals surface area contributed by atoms with E-state index >= 15 is 0 Å². The minimum Gasteiger partial charge on any atom is -0.481 e. The molecule has 0 saturated heterocycles. The Morgan fingerprint density at radius 3 is 2.56 bits per heavy atom. The first-order valence-corrected chi connectivity index (χ1v) is 5.26. The summed E-state index contributed by atoms with van der Waals surface area (Å²) in [7, 11) is 0. The highest BCUT2D eigenvalue weighted by atomic mass is 16.4. The molecule has 0 radical (unpaired) electrons. The number of carboxylic acid groups (broad SMARTS) is 1. The molecular formula is C11H18N2O3. The van der Waals surface area contributed by atoms with Crippen LogP contribution in [-0.4, -0.2) is 20.6 Å². The van der Waals surface area contributed by atoms with Crippen LogP contribution in [0.4, 0.5) is 0 Å². The molecule has 0 aromatic carbocycles. The highest BCUT2D eigenvalue weighted by Crippen LogP contribution is 2.25. The Bertz CT molecular complexity index is 411. The van der Waals surface area contributed by atoms with Crippen LogP contribution in [0, 0.1) is 11.3 Å². The molecule has 5 nitrogen and oxygen atoms in total. The van der Waals surface area contributed by atoms with Gasteiger partial charge in [0.05, 0.1) is 5.92 Å². The van der Waals surface area contributed by atoms with Gasteiger partial charge in [0, 0.05) is 18.9 Å². The third-order valence-electron chi connectivity index (χ3n) is 2.35. The molecule has 0 bridgehead atoms. The lowest BCUT2D eigenvalue weighted by molar-refractivity contribution is -0.143. The molecule has 5 heteroatoms. The quantitative estimate of drug-likeness (QED) is 0.812. The van der Waals surface area contributed by atoms with E-state index in [9.17, 15) is 9.59 Å². The molecule has 1 aromatic rings. The van der Waals surface area contributed by atoms with Crippen LogP contribution in [0.25, 0.3) is 0 Å². The van der Waals surface area contributed by atoms with Gasteiger partial charge in [0.1, 0.15) is 0 Å². The van der Waals surface area contributed by atoms with E-state index in [4.69, 9.17) is 5.11 Å². The fourth-order valence-corrected chi connectivity index (χ4v) is 1.70. The largest absolute Gasteiger partial charge is 0.481 e. The summed E-state index contributed by atoms with van der Waals surface area (Å²) in [5.41, 5.74) is -0.330. The number of imidazole rings is 1. The van der Waals surface area contributed by atoms with Crippen LogP contribution < -0.4 is 5.69 Å². The van der Waals surface area contributed by atoms with E-state index in [1.165, 1.54) is 10.8 Å². The predicted molar refractivity (Wildman–Crippen MR) is 60.3 cm³/mol. The summed E-state index contributed by atoms with van der Waals surface area (Å²) in [6.07, 6.45) is 3.62. The molecule has 0 saturated carbocycles. The third-order valence-corrected chi connectivity index (χ3v) is 2.35. The Labute approximate surface area is 94.1 Å². The Hall–Kier alpha value is -1.52. The SMILES string of the molecule is CC(C)(C)CC(Cn1cc[nH]c1=O)C(=O)O. The van der Waals surface area contributed by atoms with Gasteiger partial charge >= 0.3 is 11.7 Å². The van der Waals surface area contributed by atoms with Crippen molar-refractivity contribution in [2.75, 3.05) is 0 Å². The number of rotatable bonds is 4. The minimum absolute atomic E-state index is 0.0665. The maximum atomic E-state index is 11.3. The van der Waals surface area contributed by atoms with Crippen molar-refractivity contribution in [3.8, 4) is 0 Å². The number of aromatic amines is 1. The van der Waals surface area contributed by atoms with Gasteiger partial charge in [-0.05, 0) is 11.8 Å². The highest BCUT2D eigenvalue weighted by Gasteiger charge is 2.25. The molecule has 2 N–H and O–H groups in total. The van der Waals surface area contributed by atoms with Crippen molar-refractivity contribution >= 4 is 5.97 Å². The average Bonchev–Trinajstić information content (AvgIpc) is 2.48. The first kappa shape index (κ1) is 12.5. The number of aromatic nitrogens is 2. The zero-order chi connectivity index (χ0) is 12.3. The molecule has 0 spiro atoms. The lowest BCUT2D eigenvalue weighted by Crippen LogP contribution is -2.29. The van der Waals surface area contributed by atoms with Gasteiger partial charge < -0.3 is 10.1 Å². The Morgan fingerprint density at radius 2 is 2.19 bits per heavy atom. The monoisotopic (exact) mass is 226 g/mol. The second-order valence-corrected chi connectivity index (χ2v) is 5.22. The van der Waals surface area contributed by atoms with E-state index in [1.54, 1.807) is 6.20 Å². The molecule has 0 aliphatic heterocycles. The van der Waals surface area contributed by atoms with Gasteiger partial charge in [0.2, 0.25) is 0 Å². The molecular weight excluding hydrogens is 208 g/mol. The molecule has 90 valence electrons. The van der Waals surface area contributed by atoms with Crippen LogP contribution in [0.5, 0.6) is 0 Å². The summed E-state index contributed by atoms with van der Waals surface area (Å²) in [6.45, 7) is 6.18. The standard InChI is InChI=1S/C11H18N2O3/c1-11(2,3)6-8(9(14)15)7-13-5-4-12-10(13)16/h4-5,8H,6-7H2,1-3H3,(H,12,16)(H,14,15). The maximum Gasteiger partial charge on any atom is 0.325 e. The summed E-state index contributed by atoms with van der Waals surface area (Å²) in [4.78, 5) is 24.8. The van der Waals surface area contributed by atoms with E-state index < -0.39 is 11.9 Å². The van der Waals surface area contributed by atoms with Gasteiger partial charge in [0.15, 0.2) is 0 Å². The summed E-state index contributed by atoms with van der Waals surface area (Å²) < 4.78 is 1.39. The van der Waals surface area contributed by atoms with Gasteiger partial charge in [-0.3, -0.25) is 9.36 Å². The smallest absolute Gasteiger partial charge is 0.325 e. The average molecular weight is 226 g/mol. The second kappa shape index (κ2) is 4.55. The summed E-state index contributed by atoms with van der Waals surface area (Å²) >= 11 is 0. The van der Waals surface area contributed by atoms with Crippen molar-refractivity contribution in [1.29, 1.82) is 0 Å². The molecule has 1 heterocycles. The number of hydrogen-bond donors (Lipinski definition) is 2. The normalized spacial score (nSPS) is 13.7. The third kappa shape index (κ3) is 3.56. The van der Waals surface area contributed by atoms with E-state index in [0.717, 1.165) is 0 Å². The molecule has 1 unspecified atom stereocenters. The highest BCUT2D eigenvalue weighted by molar-refractivity contribution is 5.69. The molecule has 0 aliphatic carbocycles. The number of nitrogens with one attached hydrogen (secondary N) is 1. The van der Waals surface area contributed by atoms with Crippen LogP contribution in [0.1, 0.15) is 27.2 Å². The predicted octanol–water partition coefficient (Wildman–Crippen LogP) is 1.31. The number of hydrogen-bond acceptors (Lipinski definition) is 2. The number of nitrogens with zero attached hydrogens (tertiary/aromatic N) is 1. The Morgan fingerprint density at radius 1 is 1.56 bits per heavy atom. The molecule has 1 atom stereocenters. The number of carboxylic acids is 1. The Balaban J connectivity index is 2.77. The van der Waals surface area contributed by atoms with Gasteiger partial charge in [0.25, 0.3) is 0 Å². The number of H-pyrrole nitrogens is 1. The molecule has 0 aliphatic rings. The molecule has 0 fully saturated rings. The summed E-state index contributed by atoms with van der Waals surface area (Å²) in [6, 6.07) is 0. The van der Waals surface area contributed by atoms with Crippen molar-refractivity contribution in [3.05, 3.63) is 22.9 Å². The van der Waals surface area contributed by atoms with Crippen molar-refractivity contribution < 1.29 is 9.90 Å². The van der Waals surface area contributed by atoms with Crippen LogP contribution in [-0.2, 0) is 11.3 Å².